The molecule has 1 saturated heterocycles. The van der Waals surface area contributed by atoms with E-state index in [-0.39, 0.29) is 18.9 Å². The molecule has 0 radical (unpaired) electrons. The fraction of sp³-hybridized carbons (Fsp3) is 0.818. The molecule has 1 aliphatic rings. The second-order valence-corrected chi connectivity index (χ2v) is 6.37. The zero-order valence-electron chi connectivity index (χ0n) is 11.6. The van der Waals surface area contributed by atoms with E-state index >= 15 is 0 Å². The second-order valence-electron chi connectivity index (χ2n) is 5.83. The van der Waals surface area contributed by atoms with Crippen LogP contribution < -0.4 is 3.53 Å². The monoisotopic (exact) mass is 395 g/mol. The van der Waals surface area contributed by atoms with Crippen LogP contribution in [0.4, 0.5) is 0 Å². The lowest BCUT2D eigenvalue weighted by atomic mass is 9.86. The van der Waals surface area contributed by atoms with E-state index in [2.05, 4.69) is 13.6 Å². The molecule has 1 fully saturated rings. The molecule has 0 aromatic heterocycles. The number of nitrogens with zero attached hydrogens (tertiary/aromatic N) is 4. The van der Waals surface area contributed by atoms with Gasteiger partial charge in [-0.1, -0.05) is 25.9 Å². The maximum absolute atomic E-state index is 12.5. The summed E-state index contributed by atoms with van der Waals surface area (Å²) in [4.78, 5) is 28.3. The van der Waals surface area contributed by atoms with Crippen molar-refractivity contribution in [3.05, 3.63) is 10.4 Å². The molecule has 0 spiro atoms. The number of nitrogens with one attached hydrogen (secondary N) is 1. The van der Waals surface area contributed by atoms with Gasteiger partial charge >= 0.3 is 0 Å². The summed E-state index contributed by atoms with van der Waals surface area (Å²) in [6, 6.07) is -1.64. The number of rotatable bonds is 3. The molecule has 112 valence electrons. The summed E-state index contributed by atoms with van der Waals surface area (Å²) in [6.07, 6.45) is -0.558. The number of β-amino-alcohol motifs (C(OH)–C–C–N with tert-alkyl or cyclic N) is 1. The zero-order chi connectivity index (χ0) is 15.5. The lowest BCUT2D eigenvalue weighted by Gasteiger charge is -2.31. The summed E-state index contributed by atoms with van der Waals surface area (Å²) < 4.78 is 2.44. The molecule has 0 aromatic rings. The molecule has 20 heavy (non-hydrogen) atoms. The van der Waals surface area contributed by atoms with Gasteiger partial charge in [0.2, 0.25) is 5.91 Å². The van der Waals surface area contributed by atoms with E-state index in [0.29, 0.717) is 0 Å². The van der Waals surface area contributed by atoms with Crippen LogP contribution in [0.5, 0.6) is 0 Å². The van der Waals surface area contributed by atoms with Crippen molar-refractivity contribution in [2.24, 2.45) is 10.5 Å². The lowest BCUT2D eigenvalue weighted by molar-refractivity contribution is -0.140. The lowest BCUT2D eigenvalue weighted by Crippen LogP contribution is -2.50. The largest absolute Gasteiger partial charge is 0.391 e. The van der Waals surface area contributed by atoms with Crippen molar-refractivity contribution >= 4 is 34.7 Å². The van der Waals surface area contributed by atoms with E-state index in [4.69, 9.17) is 5.53 Å². The van der Waals surface area contributed by atoms with Crippen molar-refractivity contribution in [3.8, 4) is 0 Å². The second kappa shape index (κ2) is 6.59. The van der Waals surface area contributed by atoms with Crippen molar-refractivity contribution < 1.29 is 14.7 Å². The van der Waals surface area contributed by atoms with E-state index in [0.717, 1.165) is 0 Å². The summed E-state index contributed by atoms with van der Waals surface area (Å²) in [7, 11) is 0. The zero-order valence-corrected chi connectivity index (χ0v) is 13.7. The fourth-order valence-electron chi connectivity index (χ4n) is 2.17. The number of amides is 2. The van der Waals surface area contributed by atoms with E-state index in [1.54, 1.807) is 43.6 Å². The van der Waals surface area contributed by atoms with Crippen molar-refractivity contribution in [2.75, 3.05) is 6.54 Å². The molecule has 3 unspecified atom stereocenters. The third-order valence-electron chi connectivity index (χ3n) is 3.18. The van der Waals surface area contributed by atoms with E-state index in [1.165, 1.54) is 4.90 Å². The van der Waals surface area contributed by atoms with Gasteiger partial charge in [0.15, 0.2) is 0 Å². The topological polar surface area (TPSA) is 118 Å². The average Bonchev–Trinajstić information content (AvgIpc) is 2.75. The molecule has 0 aromatic carbocycles. The maximum atomic E-state index is 12.5. The summed E-state index contributed by atoms with van der Waals surface area (Å²) in [5.41, 5.74) is 8.06. The number of likely N-dealkylation sites (tertiary alicyclic amines) is 1. The highest BCUT2D eigenvalue weighted by Gasteiger charge is 2.43. The van der Waals surface area contributed by atoms with Gasteiger partial charge in [-0.05, 0) is 10.9 Å². The third-order valence-corrected chi connectivity index (χ3v) is 3.71. The van der Waals surface area contributed by atoms with Gasteiger partial charge in [-0.3, -0.25) is 13.1 Å². The Morgan fingerprint density at radius 3 is 2.60 bits per heavy atom. The van der Waals surface area contributed by atoms with Crippen LogP contribution in [0.3, 0.4) is 0 Å². The Bertz CT molecular complexity index is 444. The smallest absolute Gasteiger partial charge is 0.251 e. The number of aliphatic hydroxyl groups excluding tert-OH is 1. The minimum atomic E-state index is -0.915. The molecule has 0 bridgehead atoms. The predicted octanol–water partition coefficient (Wildman–Crippen LogP) is 1.14. The van der Waals surface area contributed by atoms with Crippen LogP contribution in [0.15, 0.2) is 5.11 Å². The van der Waals surface area contributed by atoms with Crippen molar-refractivity contribution in [2.45, 2.75) is 45.4 Å². The van der Waals surface area contributed by atoms with Gasteiger partial charge in [-0.2, -0.15) is 0 Å². The number of azide groups is 1. The average molecular weight is 395 g/mol. The van der Waals surface area contributed by atoms with Gasteiger partial charge in [-0.15, -0.1) is 0 Å². The first-order valence-corrected chi connectivity index (χ1v) is 7.23. The Labute approximate surface area is 131 Å². The highest BCUT2D eigenvalue weighted by atomic mass is 127. The van der Waals surface area contributed by atoms with Crippen molar-refractivity contribution in [1.82, 2.24) is 8.43 Å². The molecule has 2 amide bonds. The number of carbonyl (C=O) groups excluding carboxylic acids is 2. The minimum Gasteiger partial charge on any atom is -0.391 e. The number of aliphatic hydroxyl groups is 1. The summed E-state index contributed by atoms with van der Waals surface area (Å²) in [6.45, 7) is 5.42. The maximum Gasteiger partial charge on any atom is 0.251 e. The SMILES string of the molecule is CC(C)(C)C(N=[N+]=[N-])C(=O)N1CC(O)CC1C(=O)NI. The molecule has 1 heterocycles. The molecule has 8 nitrogen and oxygen atoms in total. The Morgan fingerprint density at radius 1 is 1.55 bits per heavy atom. The van der Waals surface area contributed by atoms with Crippen LogP contribution in [0.2, 0.25) is 0 Å². The highest BCUT2D eigenvalue weighted by Crippen LogP contribution is 2.28. The highest BCUT2D eigenvalue weighted by molar-refractivity contribution is 14.1. The van der Waals surface area contributed by atoms with Crippen LogP contribution in [-0.4, -0.2) is 46.6 Å². The van der Waals surface area contributed by atoms with Crippen LogP contribution in [-0.2, 0) is 9.59 Å². The van der Waals surface area contributed by atoms with Gasteiger partial charge in [0.05, 0.1) is 29.0 Å². The van der Waals surface area contributed by atoms with Crippen LogP contribution in [0.25, 0.3) is 10.4 Å². The first-order valence-electron chi connectivity index (χ1n) is 6.15. The Hall–Kier alpha value is -1.06. The van der Waals surface area contributed by atoms with Crippen molar-refractivity contribution in [3.63, 3.8) is 0 Å². The Morgan fingerprint density at radius 2 is 2.15 bits per heavy atom. The molecule has 9 heteroatoms. The normalized spacial score (nSPS) is 23.9. The fourth-order valence-corrected chi connectivity index (χ4v) is 2.53. The first kappa shape index (κ1) is 17.0. The molecule has 0 aliphatic carbocycles. The van der Waals surface area contributed by atoms with Crippen LogP contribution in [0, 0.1) is 5.41 Å². The van der Waals surface area contributed by atoms with Crippen LogP contribution >= 0.6 is 22.9 Å². The predicted molar refractivity (Wildman–Crippen MR) is 80.7 cm³/mol. The summed E-state index contributed by atoms with van der Waals surface area (Å²) in [5, 5.41) is 13.3. The summed E-state index contributed by atoms with van der Waals surface area (Å²) >= 11 is 1.69. The number of hydrogen-bond acceptors (Lipinski definition) is 4. The number of carbonyl (C=O) groups is 2. The van der Waals surface area contributed by atoms with E-state index < -0.39 is 29.5 Å². The Kier molecular flexibility index (Phi) is 5.60. The molecule has 1 rings (SSSR count). The van der Waals surface area contributed by atoms with Crippen molar-refractivity contribution in [1.29, 1.82) is 0 Å². The van der Waals surface area contributed by atoms with Gasteiger partial charge in [0.1, 0.15) is 12.1 Å². The quantitative estimate of drug-likeness (QED) is 0.245. The number of halogens is 1. The van der Waals surface area contributed by atoms with Gasteiger partial charge in [0, 0.05) is 17.9 Å². The van der Waals surface area contributed by atoms with E-state index in [9.17, 15) is 14.7 Å². The van der Waals surface area contributed by atoms with Crippen LogP contribution in [0.1, 0.15) is 27.2 Å². The Balaban J connectivity index is 3.03. The molecule has 2 N–H and O–H groups in total. The molecular weight excluding hydrogens is 377 g/mol. The van der Waals surface area contributed by atoms with Gasteiger partial charge < -0.3 is 10.0 Å². The summed E-state index contributed by atoms with van der Waals surface area (Å²) in [5.74, 6) is -0.777. The third kappa shape index (κ3) is 3.74. The standard InChI is InChI=1S/C11H18IN5O3/c1-11(2,3)8(15-16-13)10(20)17-5-6(18)4-7(17)9(19)14-12/h6-8,18H,4-5H2,1-3H3,(H,14,19). The minimum absolute atomic E-state index is 0.0705. The van der Waals surface area contributed by atoms with Gasteiger partial charge in [0.25, 0.3) is 5.91 Å². The van der Waals surface area contributed by atoms with Gasteiger partial charge in [-0.25, -0.2) is 0 Å². The molecular formula is C11H18IN5O3. The number of hydrogen-bond donors (Lipinski definition) is 2. The molecule has 3 atom stereocenters. The molecule has 1 aliphatic heterocycles. The molecule has 0 saturated carbocycles. The first-order chi connectivity index (χ1) is 9.22. The van der Waals surface area contributed by atoms with E-state index in [1.807, 2.05) is 0 Å².